The summed E-state index contributed by atoms with van der Waals surface area (Å²) in [7, 11) is 0. The molecule has 0 aliphatic carbocycles. The molecule has 0 radical (unpaired) electrons. The Morgan fingerprint density at radius 2 is 1.32 bits per heavy atom. The molecule has 4 heterocycles. The maximum atomic E-state index is 14.2. The number of amides is 1. The van der Waals surface area contributed by atoms with Crippen LogP contribution in [0.4, 0.5) is 17.3 Å². The van der Waals surface area contributed by atoms with Crippen molar-refractivity contribution in [2.75, 3.05) is 9.80 Å². The van der Waals surface area contributed by atoms with Crippen LogP contribution in [0.5, 0.6) is 0 Å². The second-order valence-electron chi connectivity index (χ2n) is 8.48. The van der Waals surface area contributed by atoms with Crippen molar-refractivity contribution in [2.45, 2.75) is 12.1 Å². The number of anilines is 3. The van der Waals surface area contributed by atoms with Crippen LogP contribution in [-0.4, -0.2) is 27.0 Å². The predicted molar refractivity (Wildman–Crippen MR) is 131 cm³/mol. The van der Waals surface area contributed by atoms with Crippen LogP contribution in [0.1, 0.15) is 27.4 Å². The third kappa shape index (κ3) is 2.56. The van der Waals surface area contributed by atoms with E-state index in [1.807, 2.05) is 65.6 Å². The maximum absolute atomic E-state index is 14.2. The second kappa shape index (κ2) is 7.22. The lowest BCUT2D eigenvalue weighted by atomic mass is 9.83. The van der Waals surface area contributed by atoms with E-state index in [2.05, 4.69) is 38.1 Å². The number of carbonyl (C=O) groups excluding carboxylic acids is 1. The van der Waals surface area contributed by atoms with E-state index in [-0.39, 0.29) is 18.0 Å². The molecule has 2 aliphatic heterocycles. The van der Waals surface area contributed by atoms with Crippen molar-refractivity contribution >= 4 is 34.1 Å². The van der Waals surface area contributed by atoms with Gasteiger partial charge in [0, 0.05) is 29.5 Å². The molecule has 5 aromatic rings. The number of para-hydroxylation sites is 2. The van der Waals surface area contributed by atoms with Crippen LogP contribution in [0.2, 0.25) is 0 Å². The van der Waals surface area contributed by atoms with Crippen LogP contribution in [0.3, 0.4) is 0 Å². The molecule has 2 aromatic heterocycles. The minimum atomic E-state index is -0.366. The highest BCUT2D eigenvalue weighted by atomic mass is 16.2. The molecule has 6 heteroatoms. The van der Waals surface area contributed by atoms with Gasteiger partial charge in [-0.15, -0.1) is 0 Å². The van der Waals surface area contributed by atoms with Crippen LogP contribution in [-0.2, 0) is 0 Å². The molecular formula is C28H19N5O. The molecular weight excluding hydrogens is 422 g/mol. The molecule has 6 nitrogen and oxygen atoms in total. The van der Waals surface area contributed by atoms with Crippen molar-refractivity contribution in [2.24, 2.45) is 0 Å². The molecule has 162 valence electrons. The number of rotatable bonds is 2. The second-order valence-corrected chi connectivity index (χ2v) is 8.48. The van der Waals surface area contributed by atoms with Gasteiger partial charge in [-0.3, -0.25) is 19.6 Å². The molecule has 0 N–H and O–H groups in total. The van der Waals surface area contributed by atoms with Crippen molar-refractivity contribution in [3.8, 4) is 0 Å². The summed E-state index contributed by atoms with van der Waals surface area (Å²) in [6.07, 6.45) is 4.88. The van der Waals surface area contributed by atoms with Crippen molar-refractivity contribution in [1.29, 1.82) is 0 Å². The summed E-state index contributed by atoms with van der Waals surface area (Å²) in [6, 6.07) is 27.9. The fourth-order valence-electron chi connectivity index (χ4n) is 5.40. The summed E-state index contributed by atoms with van der Waals surface area (Å²) in [6.45, 7) is 0. The van der Waals surface area contributed by atoms with E-state index in [0.29, 0.717) is 11.5 Å². The number of benzene rings is 3. The Labute approximate surface area is 196 Å². The fourth-order valence-corrected chi connectivity index (χ4v) is 5.40. The minimum Gasteiger partial charge on any atom is -0.288 e. The summed E-state index contributed by atoms with van der Waals surface area (Å²) in [4.78, 5) is 32.0. The molecule has 2 aliphatic rings. The first-order valence-electron chi connectivity index (χ1n) is 11.2. The zero-order valence-corrected chi connectivity index (χ0v) is 18.1. The Kier molecular flexibility index (Phi) is 4.02. The lowest BCUT2D eigenvalue weighted by molar-refractivity contribution is 0.0966. The fraction of sp³-hybridized carbons (Fsp3) is 0.0714. The molecule has 1 amide bonds. The van der Waals surface area contributed by atoms with E-state index in [9.17, 15) is 4.79 Å². The van der Waals surface area contributed by atoms with Gasteiger partial charge in [-0.05, 0) is 41.5 Å². The molecule has 7 rings (SSSR count). The van der Waals surface area contributed by atoms with E-state index >= 15 is 0 Å². The summed E-state index contributed by atoms with van der Waals surface area (Å²) >= 11 is 0. The van der Waals surface area contributed by atoms with Gasteiger partial charge in [0.25, 0.3) is 5.91 Å². The van der Waals surface area contributed by atoms with Gasteiger partial charge in [-0.25, -0.2) is 9.97 Å². The average Bonchev–Trinajstić information content (AvgIpc) is 3.24. The molecule has 0 fully saturated rings. The third-order valence-corrected chi connectivity index (χ3v) is 6.74. The highest BCUT2D eigenvalue weighted by molar-refractivity contribution is 6.13. The Morgan fingerprint density at radius 3 is 2.21 bits per heavy atom. The summed E-state index contributed by atoms with van der Waals surface area (Å²) in [5.41, 5.74) is 5.46. The van der Waals surface area contributed by atoms with Gasteiger partial charge in [0.15, 0.2) is 0 Å². The van der Waals surface area contributed by atoms with Gasteiger partial charge in [0.1, 0.15) is 6.17 Å². The first-order valence-corrected chi connectivity index (χ1v) is 11.2. The normalized spacial score (nSPS) is 18.5. The monoisotopic (exact) mass is 441 g/mol. The van der Waals surface area contributed by atoms with Gasteiger partial charge < -0.3 is 0 Å². The smallest absolute Gasteiger partial charge is 0.260 e. The molecule has 0 spiro atoms. The van der Waals surface area contributed by atoms with Crippen molar-refractivity contribution < 1.29 is 4.79 Å². The van der Waals surface area contributed by atoms with Crippen LogP contribution in [0, 0.1) is 0 Å². The van der Waals surface area contributed by atoms with Gasteiger partial charge in [0.05, 0.1) is 22.8 Å². The highest BCUT2D eigenvalue weighted by Gasteiger charge is 2.51. The lowest BCUT2D eigenvalue weighted by Gasteiger charge is -2.42. The number of fused-ring (bicyclic) bond motifs is 6. The number of hydrogen-bond acceptors (Lipinski definition) is 5. The van der Waals surface area contributed by atoms with Crippen molar-refractivity contribution in [3.05, 3.63) is 120 Å². The summed E-state index contributed by atoms with van der Waals surface area (Å²) in [5, 5.41) is 0.987. The number of carbonyl (C=O) groups is 1. The quantitative estimate of drug-likeness (QED) is 0.372. The zero-order chi connectivity index (χ0) is 22.6. The Bertz CT molecular complexity index is 1560. The molecule has 3 aromatic carbocycles. The molecule has 34 heavy (non-hydrogen) atoms. The molecule has 2 atom stereocenters. The maximum Gasteiger partial charge on any atom is 0.260 e. The van der Waals surface area contributed by atoms with E-state index < -0.39 is 0 Å². The minimum absolute atomic E-state index is 0.0521. The zero-order valence-electron chi connectivity index (χ0n) is 18.1. The molecule has 0 saturated carbocycles. The predicted octanol–water partition coefficient (Wildman–Crippen LogP) is 5.29. The van der Waals surface area contributed by atoms with Crippen molar-refractivity contribution in [3.63, 3.8) is 0 Å². The third-order valence-electron chi connectivity index (χ3n) is 6.74. The Hall–Kier alpha value is -4.58. The van der Waals surface area contributed by atoms with E-state index in [1.165, 1.54) is 0 Å². The van der Waals surface area contributed by atoms with E-state index in [1.54, 1.807) is 24.7 Å². The van der Waals surface area contributed by atoms with Gasteiger partial charge in [-0.1, -0.05) is 54.6 Å². The Morgan fingerprint density at radius 1 is 0.618 bits per heavy atom. The average molecular weight is 441 g/mol. The summed E-state index contributed by atoms with van der Waals surface area (Å²) in [5.74, 6) is 0.449. The van der Waals surface area contributed by atoms with E-state index in [0.717, 1.165) is 33.4 Å². The molecule has 0 bridgehead atoms. The highest BCUT2D eigenvalue weighted by Crippen LogP contribution is 2.52. The van der Waals surface area contributed by atoms with Crippen LogP contribution in [0.25, 0.3) is 10.9 Å². The van der Waals surface area contributed by atoms with E-state index in [4.69, 9.17) is 0 Å². The Balaban J connectivity index is 1.56. The first kappa shape index (κ1) is 18.9. The van der Waals surface area contributed by atoms with Gasteiger partial charge in [-0.2, -0.15) is 0 Å². The largest absolute Gasteiger partial charge is 0.288 e. The summed E-state index contributed by atoms with van der Waals surface area (Å²) < 4.78 is 0. The SMILES string of the molecule is O=C1c2ccccc2[C@@H]2c3ccccc3N(c3ncccn3)[C@@H]2N1c1cccc2cccnc12. The van der Waals surface area contributed by atoms with Crippen molar-refractivity contribution in [1.82, 2.24) is 15.0 Å². The number of pyridine rings is 1. The standard InChI is InChI=1S/C28H19N5O/c34-27-20-11-2-1-10-19(20)24-21-12-3-4-13-22(21)33(28-30-16-7-17-31-28)26(24)32(27)23-14-5-8-18-9-6-15-29-25(18)23/h1-17,24,26H/t24-,26+/m1/s1. The number of hydrogen-bond donors (Lipinski definition) is 0. The topological polar surface area (TPSA) is 62.2 Å². The van der Waals surface area contributed by atoms with Gasteiger partial charge in [0.2, 0.25) is 5.95 Å². The van der Waals surface area contributed by atoms with Crippen LogP contribution < -0.4 is 9.80 Å². The number of nitrogens with zero attached hydrogens (tertiary/aromatic N) is 5. The lowest BCUT2D eigenvalue weighted by Crippen LogP contribution is -2.54. The molecule has 0 unspecified atom stereocenters. The van der Waals surface area contributed by atoms with Crippen LogP contribution >= 0.6 is 0 Å². The number of aromatic nitrogens is 3. The van der Waals surface area contributed by atoms with Gasteiger partial charge >= 0.3 is 0 Å². The van der Waals surface area contributed by atoms with Crippen LogP contribution in [0.15, 0.2) is 104 Å². The molecule has 0 saturated heterocycles. The first-order chi connectivity index (χ1) is 16.8.